The first kappa shape index (κ1) is 33.4. The second kappa shape index (κ2) is 14.0. The number of pyridine rings is 1. The van der Waals surface area contributed by atoms with Crippen molar-refractivity contribution in [2.45, 2.75) is 0 Å². The Kier molecular flexibility index (Phi) is 8.04. The zero-order valence-corrected chi connectivity index (χ0v) is 31.3. The minimum atomic E-state index is 0.680. The Morgan fingerprint density at radius 2 is 0.793 bits per heavy atom. The van der Waals surface area contributed by atoms with Gasteiger partial charge in [-0.25, -0.2) is 19.5 Å². The summed E-state index contributed by atoms with van der Waals surface area (Å²) in [6, 6.07) is 69.4. The van der Waals surface area contributed by atoms with Gasteiger partial charge in [0.05, 0.1) is 5.69 Å². The van der Waals surface area contributed by atoms with E-state index in [-0.39, 0.29) is 0 Å². The van der Waals surface area contributed by atoms with Crippen molar-refractivity contribution >= 4 is 22.1 Å². The Hall–Kier alpha value is -7.96. The van der Waals surface area contributed by atoms with Gasteiger partial charge in [0.25, 0.3) is 0 Å². The van der Waals surface area contributed by atoms with Crippen LogP contribution in [0.2, 0.25) is 0 Å². The van der Waals surface area contributed by atoms with Crippen LogP contribution in [0.3, 0.4) is 0 Å². The van der Waals surface area contributed by atoms with Crippen LogP contribution in [0.4, 0.5) is 0 Å². The fourth-order valence-electron chi connectivity index (χ4n) is 7.96. The predicted octanol–water partition coefficient (Wildman–Crippen LogP) is 12.6. The Balaban J connectivity index is 0.956. The summed E-state index contributed by atoms with van der Waals surface area (Å²) in [5, 5.41) is 7.21. The number of hydrogen-bond donors (Lipinski definition) is 0. The summed E-state index contributed by atoms with van der Waals surface area (Å²) in [7, 11) is 0. The van der Waals surface area contributed by atoms with Crippen LogP contribution in [0.15, 0.2) is 206 Å². The van der Waals surface area contributed by atoms with E-state index in [1.807, 2.05) is 28.8 Å². The van der Waals surface area contributed by atoms with Crippen LogP contribution in [0.5, 0.6) is 0 Å². The van der Waals surface area contributed by atoms with Crippen molar-refractivity contribution in [3.05, 3.63) is 206 Å². The fraction of sp³-hybridized carbons (Fsp3) is 0. The van der Waals surface area contributed by atoms with E-state index in [0.717, 1.165) is 89.2 Å². The quantitative estimate of drug-likeness (QED) is 0.163. The van der Waals surface area contributed by atoms with Gasteiger partial charge in [-0.05, 0) is 33.9 Å². The molecule has 0 unspecified atom stereocenters. The fourth-order valence-corrected chi connectivity index (χ4v) is 7.96. The lowest BCUT2D eigenvalue weighted by Gasteiger charge is -2.12. The average Bonchev–Trinajstić information content (AvgIpc) is 3.89. The molecule has 0 aliphatic rings. The van der Waals surface area contributed by atoms with Crippen LogP contribution in [0.1, 0.15) is 0 Å². The second-order valence-corrected chi connectivity index (χ2v) is 14.4. The van der Waals surface area contributed by atoms with E-state index < -0.39 is 0 Å². The van der Waals surface area contributed by atoms with E-state index in [1.165, 1.54) is 0 Å². The molecule has 0 saturated carbocycles. The van der Waals surface area contributed by atoms with Crippen LogP contribution in [0.25, 0.3) is 101 Å². The van der Waals surface area contributed by atoms with Crippen molar-refractivity contribution in [1.82, 2.24) is 29.0 Å². The SMILES string of the molecule is c1ccc(-c2cc(-c3ccccc3)c3nc(-c4ccc(-c5ccc(-c6nc(-c7ccccc7)n7c(-c8ccccc8)c8ccccc8c7n6)cc5)cc4)nn3c2)cc1. The van der Waals surface area contributed by atoms with Gasteiger partial charge in [0.15, 0.2) is 17.3 Å². The molecule has 0 saturated heterocycles. The molecule has 0 spiro atoms. The molecule has 6 heteroatoms. The molecule has 0 fully saturated rings. The normalized spacial score (nSPS) is 11.4. The molecule has 58 heavy (non-hydrogen) atoms. The Morgan fingerprint density at radius 1 is 0.328 bits per heavy atom. The second-order valence-electron chi connectivity index (χ2n) is 14.4. The summed E-state index contributed by atoms with van der Waals surface area (Å²) in [5.41, 5.74) is 13.4. The number of nitrogens with zero attached hydrogens (tertiary/aromatic N) is 6. The van der Waals surface area contributed by atoms with E-state index in [0.29, 0.717) is 11.6 Å². The predicted molar refractivity (Wildman–Crippen MR) is 235 cm³/mol. The van der Waals surface area contributed by atoms with Gasteiger partial charge < -0.3 is 0 Å². The Bertz CT molecular complexity index is 3230. The number of hydrogen-bond acceptors (Lipinski definition) is 4. The molecule has 11 aromatic rings. The van der Waals surface area contributed by atoms with Gasteiger partial charge >= 0.3 is 0 Å². The zero-order chi connectivity index (χ0) is 38.4. The standard InChI is InChI=1S/C52H34N6/c1-5-15-35(16-6-1)43-33-46(38-17-7-2-8-18-38)51-55-49(56-57(51)34-43)41-31-27-37(28-32-41)36-25-29-40(30-26-36)48-53-50(42-21-11-4-12-22-42)58-47(39-19-9-3-10-20-39)44-23-13-14-24-45(44)52(58)54-48/h1-34H. The van der Waals surface area contributed by atoms with Gasteiger partial charge in [-0.1, -0.05) is 194 Å². The van der Waals surface area contributed by atoms with Gasteiger partial charge in [-0.3, -0.25) is 4.40 Å². The van der Waals surface area contributed by atoms with Crippen molar-refractivity contribution in [3.63, 3.8) is 0 Å². The molecule has 4 heterocycles. The molecule has 11 rings (SSSR count). The van der Waals surface area contributed by atoms with Gasteiger partial charge in [0.2, 0.25) is 0 Å². The van der Waals surface area contributed by atoms with E-state index >= 15 is 0 Å². The highest BCUT2D eigenvalue weighted by atomic mass is 15.3. The molecule has 0 atom stereocenters. The summed E-state index contributed by atoms with van der Waals surface area (Å²) in [6.07, 6.45) is 2.06. The molecule has 272 valence electrons. The lowest BCUT2D eigenvalue weighted by Crippen LogP contribution is -2.03. The molecular weight excluding hydrogens is 709 g/mol. The largest absolute Gasteiger partial charge is 0.277 e. The van der Waals surface area contributed by atoms with Crippen LogP contribution < -0.4 is 0 Å². The average molecular weight is 743 g/mol. The molecule has 0 aliphatic carbocycles. The first-order valence-corrected chi connectivity index (χ1v) is 19.4. The lowest BCUT2D eigenvalue weighted by molar-refractivity contribution is 0.968. The highest BCUT2D eigenvalue weighted by Crippen LogP contribution is 2.38. The topological polar surface area (TPSA) is 60.4 Å². The zero-order valence-electron chi connectivity index (χ0n) is 31.3. The molecule has 6 nitrogen and oxygen atoms in total. The van der Waals surface area contributed by atoms with Crippen molar-refractivity contribution in [2.75, 3.05) is 0 Å². The van der Waals surface area contributed by atoms with E-state index in [4.69, 9.17) is 20.1 Å². The Labute approximate surface area is 335 Å². The Morgan fingerprint density at radius 3 is 1.41 bits per heavy atom. The molecule has 0 aliphatic heterocycles. The maximum absolute atomic E-state index is 5.27. The molecule has 4 aromatic heterocycles. The van der Waals surface area contributed by atoms with Gasteiger partial charge in [-0.15, -0.1) is 5.10 Å². The molecule has 0 radical (unpaired) electrons. The summed E-state index contributed by atoms with van der Waals surface area (Å²) in [4.78, 5) is 15.6. The van der Waals surface area contributed by atoms with Crippen molar-refractivity contribution < 1.29 is 0 Å². The van der Waals surface area contributed by atoms with Crippen molar-refractivity contribution in [2.24, 2.45) is 0 Å². The number of rotatable bonds is 7. The number of aromatic nitrogens is 6. The maximum atomic E-state index is 5.27. The third kappa shape index (κ3) is 5.83. The van der Waals surface area contributed by atoms with Gasteiger partial charge in [-0.2, -0.15) is 0 Å². The van der Waals surface area contributed by atoms with E-state index in [1.54, 1.807) is 0 Å². The lowest BCUT2D eigenvalue weighted by atomic mass is 10.0. The van der Waals surface area contributed by atoms with Crippen LogP contribution >= 0.6 is 0 Å². The molecule has 0 N–H and O–H groups in total. The van der Waals surface area contributed by atoms with Gasteiger partial charge in [0.1, 0.15) is 11.5 Å². The minimum Gasteiger partial charge on any atom is -0.277 e. The van der Waals surface area contributed by atoms with Crippen molar-refractivity contribution in [3.8, 4) is 78.8 Å². The molecule has 0 amide bonds. The highest BCUT2D eigenvalue weighted by molar-refractivity contribution is 6.06. The van der Waals surface area contributed by atoms with E-state index in [9.17, 15) is 0 Å². The molecule has 0 bridgehead atoms. The monoisotopic (exact) mass is 742 g/mol. The first-order chi connectivity index (χ1) is 28.7. The van der Waals surface area contributed by atoms with Crippen LogP contribution in [-0.4, -0.2) is 29.0 Å². The van der Waals surface area contributed by atoms with Crippen LogP contribution in [-0.2, 0) is 0 Å². The summed E-state index contributed by atoms with van der Waals surface area (Å²) in [6.45, 7) is 0. The first-order valence-electron chi connectivity index (χ1n) is 19.4. The number of fused-ring (bicyclic) bond motifs is 4. The summed E-state index contributed by atoms with van der Waals surface area (Å²) < 4.78 is 4.13. The minimum absolute atomic E-state index is 0.680. The van der Waals surface area contributed by atoms with E-state index in [2.05, 4.69) is 187 Å². The van der Waals surface area contributed by atoms with Crippen molar-refractivity contribution in [1.29, 1.82) is 0 Å². The highest BCUT2D eigenvalue weighted by Gasteiger charge is 2.21. The summed E-state index contributed by atoms with van der Waals surface area (Å²) in [5.74, 6) is 2.21. The maximum Gasteiger partial charge on any atom is 0.182 e. The number of benzene rings is 7. The third-order valence-corrected chi connectivity index (χ3v) is 10.8. The molecule has 7 aromatic carbocycles. The van der Waals surface area contributed by atoms with Gasteiger partial charge in [0, 0.05) is 44.8 Å². The third-order valence-electron chi connectivity index (χ3n) is 10.8. The summed E-state index contributed by atoms with van der Waals surface area (Å²) >= 11 is 0. The smallest absolute Gasteiger partial charge is 0.182 e. The van der Waals surface area contributed by atoms with Crippen LogP contribution in [0, 0.1) is 0 Å². The molecular formula is C52H34N6.